The SMILES string of the molecule is COc1ccc(N(c2ccccc2)c2cncc(N3CCC(COCC(=O)O)CC3)n2)cc1. The number of hydrogen-bond acceptors (Lipinski definition) is 7. The topological polar surface area (TPSA) is 88.0 Å². The van der Waals surface area contributed by atoms with Gasteiger partial charge in [-0.15, -0.1) is 0 Å². The molecule has 1 aliphatic heterocycles. The zero-order chi connectivity index (χ0) is 23.0. The van der Waals surface area contributed by atoms with E-state index in [4.69, 9.17) is 19.6 Å². The molecular formula is C25H28N4O4. The maximum Gasteiger partial charge on any atom is 0.329 e. The lowest BCUT2D eigenvalue weighted by Gasteiger charge is -2.33. The molecule has 1 saturated heterocycles. The summed E-state index contributed by atoms with van der Waals surface area (Å²) in [4.78, 5) is 24.4. The zero-order valence-corrected chi connectivity index (χ0v) is 18.6. The lowest BCUT2D eigenvalue weighted by Crippen LogP contribution is -2.36. The fourth-order valence-corrected chi connectivity index (χ4v) is 3.97. The molecule has 3 aromatic rings. The van der Waals surface area contributed by atoms with Crippen LogP contribution in [0.2, 0.25) is 0 Å². The van der Waals surface area contributed by atoms with Crippen molar-refractivity contribution in [3.8, 4) is 5.75 Å². The van der Waals surface area contributed by atoms with Crippen LogP contribution in [-0.4, -0.2) is 54.5 Å². The summed E-state index contributed by atoms with van der Waals surface area (Å²) in [6, 6.07) is 17.9. The lowest BCUT2D eigenvalue weighted by atomic mass is 9.98. The number of piperidine rings is 1. The number of benzene rings is 2. The van der Waals surface area contributed by atoms with Crippen LogP contribution in [-0.2, 0) is 9.53 Å². The molecular weight excluding hydrogens is 420 g/mol. The van der Waals surface area contributed by atoms with E-state index in [0.29, 0.717) is 12.5 Å². The smallest absolute Gasteiger partial charge is 0.329 e. The first-order chi connectivity index (χ1) is 16.1. The van der Waals surface area contributed by atoms with Crippen molar-refractivity contribution < 1.29 is 19.4 Å². The summed E-state index contributed by atoms with van der Waals surface area (Å²) in [6.07, 6.45) is 5.41. The Morgan fingerprint density at radius 3 is 2.42 bits per heavy atom. The van der Waals surface area contributed by atoms with Crippen LogP contribution in [0.25, 0.3) is 0 Å². The van der Waals surface area contributed by atoms with Crippen LogP contribution in [0, 0.1) is 5.92 Å². The molecule has 1 aliphatic rings. The van der Waals surface area contributed by atoms with E-state index in [0.717, 1.165) is 54.7 Å². The van der Waals surface area contributed by atoms with Gasteiger partial charge in [0.05, 0.1) is 26.1 Å². The predicted molar refractivity (Wildman–Crippen MR) is 127 cm³/mol. The molecule has 0 atom stereocenters. The summed E-state index contributed by atoms with van der Waals surface area (Å²) in [7, 11) is 1.65. The van der Waals surface area contributed by atoms with E-state index in [9.17, 15) is 4.79 Å². The average molecular weight is 449 g/mol. The van der Waals surface area contributed by atoms with Crippen molar-refractivity contribution >= 4 is 29.0 Å². The zero-order valence-electron chi connectivity index (χ0n) is 18.6. The molecule has 2 aromatic carbocycles. The first-order valence-corrected chi connectivity index (χ1v) is 11.0. The predicted octanol–water partition coefficient (Wildman–Crippen LogP) is 4.27. The van der Waals surface area contributed by atoms with Gasteiger partial charge in [0.25, 0.3) is 0 Å². The number of aromatic nitrogens is 2. The van der Waals surface area contributed by atoms with Gasteiger partial charge in [-0.05, 0) is 55.2 Å². The van der Waals surface area contributed by atoms with Crippen molar-refractivity contribution in [3.05, 3.63) is 67.0 Å². The Hall–Kier alpha value is -3.65. The van der Waals surface area contributed by atoms with E-state index in [1.807, 2.05) is 54.6 Å². The van der Waals surface area contributed by atoms with Crippen LogP contribution in [0.4, 0.5) is 23.0 Å². The minimum Gasteiger partial charge on any atom is -0.497 e. The van der Waals surface area contributed by atoms with E-state index >= 15 is 0 Å². The summed E-state index contributed by atoms with van der Waals surface area (Å²) >= 11 is 0. The molecule has 8 nitrogen and oxygen atoms in total. The Labute approximate surface area is 193 Å². The lowest BCUT2D eigenvalue weighted by molar-refractivity contribution is -0.142. The number of para-hydroxylation sites is 1. The van der Waals surface area contributed by atoms with Gasteiger partial charge < -0.3 is 19.5 Å². The molecule has 1 fully saturated rings. The maximum atomic E-state index is 10.6. The highest BCUT2D eigenvalue weighted by Gasteiger charge is 2.22. The number of methoxy groups -OCH3 is 1. The second-order valence-electron chi connectivity index (χ2n) is 7.94. The summed E-state index contributed by atoms with van der Waals surface area (Å²) in [5.74, 6) is 1.78. The van der Waals surface area contributed by atoms with Gasteiger partial charge in [0.1, 0.15) is 18.2 Å². The molecule has 0 bridgehead atoms. The molecule has 0 spiro atoms. The number of hydrogen-bond donors (Lipinski definition) is 1. The fraction of sp³-hybridized carbons (Fsp3) is 0.320. The second kappa shape index (κ2) is 10.8. The number of aliphatic carboxylic acids is 1. The summed E-state index contributed by atoms with van der Waals surface area (Å²) < 4.78 is 10.6. The quantitative estimate of drug-likeness (QED) is 0.519. The summed E-state index contributed by atoms with van der Waals surface area (Å²) in [5, 5.41) is 8.74. The molecule has 0 radical (unpaired) electrons. The van der Waals surface area contributed by atoms with Crippen molar-refractivity contribution in [2.45, 2.75) is 12.8 Å². The highest BCUT2D eigenvalue weighted by atomic mass is 16.5. The Morgan fingerprint density at radius 2 is 1.76 bits per heavy atom. The Morgan fingerprint density at radius 1 is 1.06 bits per heavy atom. The van der Waals surface area contributed by atoms with Gasteiger partial charge in [0, 0.05) is 24.5 Å². The number of ether oxygens (including phenoxy) is 2. The van der Waals surface area contributed by atoms with Crippen molar-refractivity contribution in [2.75, 3.05) is 43.2 Å². The van der Waals surface area contributed by atoms with Gasteiger partial charge in [-0.25, -0.2) is 9.78 Å². The maximum absolute atomic E-state index is 10.6. The number of anilines is 4. The number of nitrogens with zero attached hydrogens (tertiary/aromatic N) is 4. The third kappa shape index (κ3) is 5.78. The molecule has 4 rings (SSSR count). The van der Waals surface area contributed by atoms with E-state index in [1.165, 1.54) is 0 Å². The van der Waals surface area contributed by atoms with Crippen LogP contribution in [0.15, 0.2) is 67.0 Å². The molecule has 0 unspecified atom stereocenters. The van der Waals surface area contributed by atoms with Gasteiger partial charge in [-0.3, -0.25) is 9.88 Å². The highest BCUT2D eigenvalue weighted by Crippen LogP contribution is 2.34. The van der Waals surface area contributed by atoms with Crippen molar-refractivity contribution in [2.24, 2.45) is 5.92 Å². The molecule has 2 heterocycles. The van der Waals surface area contributed by atoms with Crippen LogP contribution in [0.1, 0.15) is 12.8 Å². The number of rotatable bonds is 9. The van der Waals surface area contributed by atoms with Gasteiger partial charge >= 0.3 is 5.97 Å². The minimum atomic E-state index is -0.931. The first-order valence-electron chi connectivity index (χ1n) is 11.0. The van der Waals surface area contributed by atoms with Crippen molar-refractivity contribution in [3.63, 3.8) is 0 Å². The van der Waals surface area contributed by atoms with Crippen molar-refractivity contribution in [1.82, 2.24) is 9.97 Å². The molecule has 0 amide bonds. The first kappa shape index (κ1) is 22.5. The van der Waals surface area contributed by atoms with Gasteiger partial charge in [-0.2, -0.15) is 0 Å². The third-order valence-corrected chi connectivity index (χ3v) is 5.70. The highest BCUT2D eigenvalue weighted by molar-refractivity contribution is 5.74. The summed E-state index contributed by atoms with van der Waals surface area (Å²) in [6.45, 7) is 1.89. The van der Waals surface area contributed by atoms with E-state index in [2.05, 4.69) is 14.8 Å². The molecule has 33 heavy (non-hydrogen) atoms. The minimum absolute atomic E-state index is 0.242. The number of carboxylic acid groups (broad SMARTS) is 1. The number of carboxylic acids is 1. The van der Waals surface area contributed by atoms with Gasteiger partial charge in [-0.1, -0.05) is 18.2 Å². The third-order valence-electron chi connectivity index (χ3n) is 5.70. The molecule has 8 heteroatoms. The molecule has 172 valence electrons. The van der Waals surface area contributed by atoms with Crippen LogP contribution in [0.5, 0.6) is 5.75 Å². The van der Waals surface area contributed by atoms with Gasteiger partial charge in [0.2, 0.25) is 0 Å². The fourth-order valence-electron chi connectivity index (χ4n) is 3.97. The average Bonchev–Trinajstić information content (AvgIpc) is 2.86. The van der Waals surface area contributed by atoms with Crippen molar-refractivity contribution in [1.29, 1.82) is 0 Å². The van der Waals surface area contributed by atoms with Crippen LogP contribution in [0.3, 0.4) is 0 Å². The standard InChI is InChI=1S/C25H28N4O4/c1-32-22-9-7-21(8-10-22)29(20-5-3-2-4-6-20)24-16-26-15-23(27-24)28-13-11-19(12-14-28)17-33-18-25(30)31/h2-10,15-16,19H,11-14,17-18H2,1H3,(H,30,31). The Kier molecular flexibility index (Phi) is 7.36. The van der Waals surface area contributed by atoms with E-state index in [1.54, 1.807) is 19.5 Å². The monoisotopic (exact) mass is 448 g/mol. The normalized spacial score (nSPS) is 14.2. The molecule has 1 aromatic heterocycles. The second-order valence-corrected chi connectivity index (χ2v) is 7.94. The molecule has 0 aliphatic carbocycles. The Bertz CT molecular complexity index is 1040. The van der Waals surface area contributed by atoms with Gasteiger partial charge in [0.15, 0.2) is 5.82 Å². The van der Waals surface area contributed by atoms with E-state index in [-0.39, 0.29) is 6.61 Å². The Balaban J connectivity index is 1.52. The molecule has 0 saturated carbocycles. The summed E-state index contributed by atoms with van der Waals surface area (Å²) in [5.41, 5.74) is 1.95. The van der Waals surface area contributed by atoms with E-state index < -0.39 is 5.97 Å². The largest absolute Gasteiger partial charge is 0.497 e. The molecule has 1 N–H and O–H groups in total. The number of carbonyl (C=O) groups is 1. The van der Waals surface area contributed by atoms with Crippen LogP contribution >= 0.6 is 0 Å². The van der Waals surface area contributed by atoms with Crippen LogP contribution < -0.4 is 14.5 Å².